The SMILES string of the molecule is CC1(C)O[C@@H]2[C@H]3OC(C)(C)O[C@H]3[C@H](OC(=O)C(C)(C)C)[C@@H](OC(=O)C[C@H](Sc3ccccc3)c3ccccc3)[C@@H]2O1. The van der Waals surface area contributed by atoms with E-state index in [0.717, 1.165) is 10.5 Å². The van der Waals surface area contributed by atoms with Crippen molar-refractivity contribution in [1.29, 1.82) is 0 Å². The zero-order chi connectivity index (χ0) is 29.6. The topological polar surface area (TPSA) is 89.5 Å². The summed E-state index contributed by atoms with van der Waals surface area (Å²) in [5, 5.41) is -0.198. The van der Waals surface area contributed by atoms with Gasteiger partial charge in [-0.2, -0.15) is 0 Å². The summed E-state index contributed by atoms with van der Waals surface area (Å²) in [6.45, 7) is 12.5. The third-order valence-electron chi connectivity index (χ3n) is 7.29. The molecule has 8 nitrogen and oxygen atoms in total. The zero-order valence-corrected chi connectivity index (χ0v) is 25.5. The quantitative estimate of drug-likeness (QED) is 0.294. The van der Waals surface area contributed by atoms with Crippen LogP contribution in [0.1, 0.15) is 65.7 Å². The summed E-state index contributed by atoms with van der Waals surface area (Å²) in [5.74, 6) is -2.78. The van der Waals surface area contributed by atoms with Crippen molar-refractivity contribution in [3.8, 4) is 0 Å². The molecule has 2 saturated heterocycles. The van der Waals surface area contributed by atoms with Crippen molar-refractivity contribution in [2.24, 2.45) is 5.41 Å². The van der Waals surface area contributed by atoms with E-state index in [2.05, 4.69) is 0 Å². The van der Waals surface area contributed by atoms with Crippen LogP contribution in [0, 0.1) is 5.41 Å². The molecule has 1 saturated carbocycles. The molecule has 3 fully saturated rings. The fourth-order valence-electron chi connectivity index (χ4n) is 5.50. The number of thioether (sulfide) groups is 1. The van der Waals surface area contributed by atoms with Crippen molar-refractivity contribution < 1.29 is 38.0 Å². The summed E-state index contributed by atoms with van der Waals surface area (Å²) in [5.41, 5.74) is 0.221. The lowest BCUT2D eigenvalue weighted by molar-refractivity contribution is -0.214. The Morgan fingerprint density at radius 1 is 0.756 bits per heavy atom. The van der Waals surface area contributed by atoms with Crippen LogP contribution in [-0.2, 0) is 38.0 Å². The molecule has 2 aliphatic heterocycles. The van der Waals surface area contributed by atoms with Gasteiger partial charge in [0.25, 0.3) is 0 Å². The number of hydrogen-bond donors (Lipinski definition) is 0. The molecule has 1 aliphatic carbocycles. The van der Waals surface area contributed by atoms with Crippen LogP contribution in [0.5, 0.6) is 0 Å². The maximum absolute atomic E-state index is 13.7. The second kappa shape index (κ2) is 11.3. The number of carbonyl (C=O) groups excluding carboxylic acids is 2. The van der Waals surface area contributed by atoms with E-state index in [4.69, 9.17) is 28.4 Å². The van der Waals surface area contributed by atoms with Crippen molar-refractivity contribution >= 4 is 23.7 Å². The number of fused-ring (bicyclic) bond motifs is 3. The van der Waals surface area contributed by atoms with Crippen molar-refractivity contribution in [2.45, 2.75) is 113 Å². The Hall–Kier alpha value is -2.43. The van der Waals surface area contributed by atoms with E-state index < -0.39 is 65.6 Å². The van der Waals surface area contributed by atoms with Gasteiger partial charge in [-0.05, 0) is 66.2 Å². The van der Waals surface area contributed by atoms with Gasteiger partial charge in [-0.1, -0.05) is 48.5 Å². The highest BCUT2D eigenvalue weighted by Crippen LogP contribution is 2.47. The van der Waals surface area contributed by atoms with Gasteiger partial charge < -0.3 is 28.4 Å². The summed E-state index contributed by atoms with van der Waals surface area (Å²) in [6, 6.07) is 19.8. The van der Waals surface area contributed by atoms with Crippen molar-refractivity contribution in [3.05, 3.63) is 66.2 Å². The Labute approximate surface area is 246 Å². The lowest BCUT2D eigenvalue weighted by Crippen LogP contribution is -2.64. The molecule has 7 atom stereocenters. The average molecular weight is 585 g/mol. The molecule has 0 N–H and O–H groups in total. The molecule has 0 radical (unpaired) electrons. The molecule has 9 heteroatoms. The second-order valence-electron chi connectivity index (χ2n) is 12.7. The van der Waals surface area contributed by atoms with E-state index in [1.807, 2.05) is 60.7 Å². The van der Waals surface area contributed by atoms with Crippen molar-refractivity contribution in [2.75, 3.05) is 0 Å². The Kier molecular flexibility index (Phi) is 8.31. The molecule has 5 rings (SSSR count). The van der Waals surface area contributed by atoms with Crippen molar-refractivity contribution in [3.63, 3.8) is 0 Å². The average Bonchev–Trinajstić information content (AvgIpc) is 3.40. The van der Waals surface area contributed by atoms with Crippen molar-refractivity contribution in [1.82, 2.24) is 0 Å². The van der Waals surface area contributed by atoms with E-state index in [-0.39, 0.29) is 11.7 Å². The number of benzene rings is 2. The van der Waals surface area contributed by atoms with Crippen LogP contribution in [0.25, 0.3) is 0 Å². The molecule has 0 aromatic heterocycles. The first-order valence-corrected chi connectivity index (χ1v) is 15.0. The van der Waals surface area contributed by atoms with Crippen LogP contribution in [0.3, 0.4) is 0 Å². The van der Waals surface area contributed by atoms with Crippen LogP contribution in [0.4, 0.5) is 0 Å². The maximum Gasteiger partial charge on any atom is 0.311 e. The lowest BCUT2D eigenvalue weighted by atomic mass is 9.84. The molecule has 2 aromatic rings. The van der Waals surface area contributed by atoms with Gasteiger partial charge in [0.2, 0.25) is 0 Å². The number of carbonyl (C=O) groups is 2. The molecule has 0 unspecified atom stereocenters. The molecule has 0 bridgehead atoms. The molecule has 222 valence electrons. The minimum atomic E-state index is -0.961. The van der Waals surface area contributed by atoms with Crippen LogP contribution < -0.4 is 0 Å². The van der Waals surface area contributed by atoms with E-state index in [1.54, 1.807) is 60.2 Å². The van der Waals surface area contributed by atoms with E-state index in [1.165, 1.54) is 0 Å². The maximum atomic E-state index is 13.7. The van der Waals surface area contributed by atoms with Crippen LogP contribution in [0.15, 0.2) is 65.6 Å². The summed E-state index contributed by atoms with van der Waals surface area (Å²) < 4.78 is 37.4. The van der Waals surface area contributed by atoms with Gasteiger partial charge in [0, 0.05) is 10.1 Å². The normalized spacial score (nSPS) is 30.6. The largest absolute Gasteiger partial charge is 0.455 e. The monoisotopic (exact) mass is 584 g/mol. The third-order valence-corrected chi connectivity index (χ3v) is 8.56. The predicted octanol–water partition coefficient (Wildman–Crippen LogP) is 5.83. The van der Waals surface area contributed by atoms with Crippen LogP contribution >= 0.6 is 11.8 Å². The number of esters is 2. The van der Waals surface area contributed by atoms with Gasteiger partial charge in [-0.15, -0.1) is 11.8 Å². The first kappa shape index (κ1) is 30.0. The van der Waals surface area contributed by atoms with Gasteiger partial charge >= 0.3 is 11.9 Å². The molecular weight excluding hydrogens is 544 g/mol. The summed E-state index contributed by atoms with van der Waals surface area (Å²) in [7, 11) is 0. The lowest BCUT2D eigenvalue weighted by Gasteiger charge is -2.42. The Balaban J connectivity index is 1.44. The van der Waals surface area contributed by atoms with E-state index in [0.29, 0.717) is 0 Å². The fourth-order valence-corrected chi connectivity index (χ4v) is 6.66. The highest BCUT2D eigenvalue weighted by Gasteiger charge is 2.66. The Morgan fingerprint density at radius 2 is 1.22 bits per heavy atom. The molecule has 3 aliphatic rings. The van der Waals surface area contributed by atoms with Gasteiger partial charge in [0.15, 0.2) is 23.8 Å². The first-order valence-electron chi connectivity index (χ1n) is 14.1. The van der Waals surface area contributed by atoms with Crippen LogP contribution in [0.2, 0.25) is 0 Å². The smallest absolute Gasteiger partial charge is 0.311 e. The number of rotatable bonds is 7. The third kappa shape index (κ3) is 6.81. The molecule has 0 spiro atoms. The molecule has 0 amide bonds. The standard InChI is InChI=1S/C32H40O8S/c1-30(2,3)29(34)36-24-23(25-27(39-31(4,5)37-25)28-26(24)38-32(6,7)40-28)35-22(33)18-21(19-14-10-8-11-15-19)41-20-16-12-9-13-17-20/h8-17,21,23-28H,18H2,1-7H3/t21-,23+,24+,25-,26-,27-,28-/m0/s1. The van der Waals surface area contributed by atoms with E-state index in [9.17, 15) is 9.59 Å². The zero-order valence-electron chi connectivity index (χ0n) is 24.7. The van der Waals surface area contributed by atoms with Gasteiger partial charge in [0.05, 0.1) is 11.8 Å². The summed E-state index contributed by atoms with van der Waals surface area (Å²) in [6.07, 6.45) is -4.40. The number of hydrogen-bond acceptors (Lipinski definition) is 9. The van der Waals surface area contributed by atoms with Gasteiger partial charge in [0.1, 0.15) is 24.4 Å². The first-order chi connectivity index (χ1) is 19.2. The van der Waals surface area contributed by atoms with Gasteiger partial charge in [-0.3, -0.25) is 9.59 Å². The molecule has 2 heterocycles. The number of ether oxygens (including phenoxy) is 6. The highest BCUT2D eigenvalue weighted by molar-refractivity contribution is 7.99. The summed E-state index contributed by atoms with van der Waals surface area (Å²) in [4.78, 5) is 27.9. The Bertz CT molecular complexity index is 1230. The molecule has 41 heavy (non-hydrogen) atoms. The predicted molar refractivity (Wildman–Crippen MR) is 153 cm³/mol. The minimum Gasteiger partial charge on any atom is -0.455 e. The Morgan fingerprint density at radius 3 is 1.73 bits per heavy atom. The molecular formula is C32H40O8S. The van der Waals surface area contributed by atoms with Gasteiger partial charge in [-0.25, -0.2) is 0 Å². The molecule has 2 aromatic carbocycles. The summed E-state index contributed by atoms with van der Waals surface area (Å²) >= 11 is 1.59. The minimum absolute atomic E-state index is 0.0958. The highest BCUT2D eigenvalue weighted by atomic mass is 32.2. The fraction of sp³-hybridized carbons (Fsp3) is 0.562. The van der Waals surface area contributed by atoms with E-state index >= 15 is 0 Å². The van der Waals surface area contributed by atoms with Crippen LogP contribution in [-0.4, -0.2) is 60.1 Å². The second-order valence-corrected chi connectivity index (χ2v) is 14.0.